The van der Waals surface area contributed by atoms with Crippen LogP contribution in [0, 0.1) is 6.92 Å². The highest BCUT2D eigenvalue weighted by Gasteiger charge is 2.27. The molecule has 31 heavy (non-hydrogen) atoms. The number of aryl methyl sites for hydroxylation is 1. The number of carbonyl (C=O) groups is 2. The molecule has 8 nitrogen and oxygen atoms in total. The minimum Gasteiger partial charge on any atom is -0.497 e. The van der Waals surface area contributed by atoms with Gasteiger partial charge in [0, 0.05) is 18.2 Å². The summed E-state index contributed by atoms with van der Waals surface area (Å²) >= 11 is 0. The molecule has 0 spiro atoms. The number of pyridine rings is 1. The Morgan fingerprint density at radius 1 is 1.16 bits per heavy atom. The third-order valence-electron chi connectivity index (χ3n) is 4.62. The maximum absolute atomic E-state index is 12.2. The van der Waals surface area contributed by atoms with Crippen molar-refractivity contribution in [2.45, 2.75) is 45.8 Å². The van der Waals surface area contributed by atoms with E-state index >= 15 is 0 Å². The normalized spacial score (nSPS) is 12.4. The van der Waals surface area contributed by atoms with Gasteiger partial charge in [0.25, 0.3) is 0 Å². The van der Waals surface area contributed by atoms with Crippen LogP contribution < -0.4 is 10.1 Å². The quantitative estimate of drug-likeness (QED) is 0.622. The highest BCUT2D eigenvalue weighted by Crippen LogP contribution is 2.28. The third-order valence-corrected chi connectivity index (χ3v) is 4.62. The fourth-order valence-electron chi connectivity index (χ4n) is 3.22. The van der Waals surface area contributed by atoms with E-state index in [0.29, 0.717) is 22.8 Å². The van der Waals surface area contributed by atoms with Crippen molar-refractivity contribution in [3.63, 3.8) is 0 Å². The summed E-state index contributed by atoms with van der Waals surface area (Å²) in [6, 6.07) is 10.0. The summed E-state index contributed by atoms with van der Waals surface area (Å²) in [5.74, 6) is -0.450. The van der Waals surface area contributed by atoms with Crippen molar-refractivity contribution in [3.05, 3.63) is 53.9 Å². The van der Waals surface area contributed by atoms with Crippen molar-refractivity contribution in [2.75, 3.05) is 7.11 Å². The molecule has 2 heterocycles. The molecule has 1 amide bonds. The molecule has 0 aliphatic rings. The Balaban J connectivity index is 2.02. The summed E-state index contributed by atoms with van der Waals surface area (Å²) in [5, 5.41) is 12.2. The van der Waals surface area contributed by atoms with Crippen LogP contribution in [-0.2, 0) is 16.0 Å². The molecule has 1 atom stereocenters. The average molecular weight is 425 g/mol. The first-order valence-electron chi connectivity index (χ1n) is 9.91. The van der Waals surface area contributed by atoms with Gasteiger partial charge in [-0.25, -0.2) is 14.6 Å². The van der Waals surface area contributed by atoms with Crippen LogP contribution in [0.5, 0.6) is 5.75 Å². The van der Waals surface area contributed by atoms with Crippen LogP contribution in [0.4, 0.5) is 4.79 Å². The first kappa shape index (κ1) is 22.1. The number of methoxy groups -OCH3 is 1. The van der Waals surface area contributed by atoms with E-state index in [1.165, 1.54) is 0 Å². The number of carboxylic acid groups (broad SMARTS) is 1. The van der Waals surface area contributed by atoms with Gasteiger partial charge in [0.1, 0.15) is 23.0 Å². The first-order chi connectivity index (χ1) is 14.6. The molecule has 8 heteroatoms. The molecule has 0 saturated heterocycles. The number of aliphatic carboxylic acids is 1. The number of imidazole rings is 1. The van der Waals surface area contributed by atoms with Gasteiger partial charge in [-0.3, -0.25) is 0 Å². The van der Waals surface area contributed by atoms with Gasteiger partial charge in [-0.2, -0.15) is 0 Å². The summed E-state index contributed by atoms with van der Waals surface area (Å²) in [5.41, 5.74) is 3.09. The van der Waals surface area contributed by atoms with E-state index < -0.39 is 23.7 Å². The van der Waals surface area contributed by atoms with E-state index in [-0.39, 0.29) is 6.42 Å². The smallest absolute Gasteiger partial charge is 0.408 e. The van der Waals surface area contributed by atoms with Crippen LogP contribution in [0.1, 0.15) is 32.0 Å². The number of ether oxygens (including phenoxy) is 2. The number of carboxylic acids is 1. The summed E-state index contributed by atoms with van der Waals surface area (Å²) in [7, 11) is 1.59. The molecule has 3 rings (SSSR count). The van der Waals surface area contributed by atoms with Gasteiger partial charge >= 0.3 is 12.1 Å². The Labute approximate surface area is 180 Å². The van der Waals surface area contributed by atoms with Crippen LogP contribution in [0.3, 0.4) is 0 Å². The molecule has 0 aliphatic heterocycles. The highest BCUT2D eigenvalue weighted by atomic mass is 16.6. The number of amides is 1. The maximum Gasteiger partial charge on any atom is 0.408 e. The number of fused-ring (bicyclic) bond motifs is 1. The molecule has 164 valence electrons. The predicted molar refractivity (Wildman–Crippen MR) is 116 cm³/mol. The summed E-state index contributed by atoms with van der Waals surface area (Å²) in [6.07, 6.45) is 1.15. The summed E-state index contributed by atoms with van der Waals surface area (Å²) in [6.45, 7) is 7.11. The monoisotopic (exact) mass is 425 g/mol. The van der Waals surface area contributed by atoms with Gasteiger partial charge < -0.3 is 24.3 Å². The van der Waals surface area contributed by atoms with Gasteiger partial charge in [-0.05, 0) is 63.6 Å². The van der Waals surface area contributed by atoms with Gasteiger partial charge in [0.05, 0.1) is 18.5 Å². The third kappa shape index (κ3) is 5.33. The number of alkyl carbamates (subject to hydrolysis) is 1. The minimum atomic E-state index is -1.19. The van der Waals surface area contributed by atoms with Crippen molar-refractivity contribution in [3.8, 4) is 17.0 Å². The molecule has 0 bridgehead atoms. The zero-order chi connectivity index (χ0) is 22.8. The molecule has 3 aromatic rings. The van der Waals surface area contributed by atoms with Crippen molar-refractivity contribution >= 4 is 17.7 Å². The number of nitrogens with one attached hydrogen (secondary N) is 1. The topological polar surface area (TPSA) is 102 Å². The summed E-state index contributed by atoms with van der Waals surface area (Å²) in [4.78, 5) is 28.9. The standard InChI is InChI=1S/C23H27N3O5/c1-14-6-11-19-25-20(15-7-9-16(30-5)10-8-15)18(26(19)13-14)12-17(21(27)28)24-22(29)31-23(2,3)4/h6-11,13,17H,12H2,1-5H3,(H,24,29)(H,27,28). The number of benzene rings is 1. The number of aromatic nitrogens is 2. The zero-order valence-corrected chi connectivity index (χ0v) is 18.3. The second kappa shape index (κ2) is 8.67. The maximum atomic E-state index is 12.2. The Kier molecular flexibility index (Phi) is 6.19. The zero-order valence-electron chi connectivity index (χ0n) is 18.3. The van der Waals surface area contributed by atoms with Crippen LogP contribution in [-0.4, -0.2) is 45.3 Å². The molecule has 0 radical (unpaired) electrons. The van der Waals surface area contributed by atoms with Crippen molar-refractivity contribution < 1.29 is 24.2 Å². The average Bonchev–Trinajstić information content (AvgIpc) is 3.03. The lowest BCUT2D eigenvalue weighted by atomic mass is 10.0. The van der Waals surface area contributed by atoms with Gasteiger partial charge in [0.15, 0.2) is 0 Å². The van der Waals surface area contributed by atoms with Crippen LogP contribution in [0.15, 0.2) is 42.6 Å². The molecule has 2 aromatic heterocycles. The fourth-order valence-corrected chi connectivity index (χ4v) is 3.22. The van der Waals surface area contributed by atoms with Gasteiger partial charge in [-0.15, -0.1) is 0 Å². The largest absolute Gasteiger partial charge is 0.497 e. The molecular weight excluding hydrogens is 398 g/mol. The lowest BCUT2D eigenvalue weighted by Gasteiger charge is -2.22. The van der Waals surface area contributed by atoms with Crippen LogP contribution in [0.2, 0.25) is 0 Å². The van der Waals surface area contributed by atoms with Crippen molar-refractivity contribution in [1.29, 1.82) is 0 Å². The fraction of sp³-hybridized carbons (Fsp3) is 0.348. The van der Waals surface area contributed by atoms with E-state index in [4.69, 9.17) is 14.5 Å². The predicted octanol–water partition coefficient (Wildman–Crippen LogP) is 3.84. The van der Waals surface area contributed by atoms with Gasteiger partial charge in [0.2, 0.25) is 0 Å². The lowest BCUT2D eigenvalue weighted by molar-refractivity contribution is -0.139. The molecule has 0 saturated carbocycles. The van der Waals surface area contributed by atoms with Crippen molar-refractivity contribution in [1.82, 2.24) is 14.7 Å². The SMILES string of the molecule is COc1ccc(-c2nc3ccc(C)cn3c2CC(NC(=O)OC(C)(C)C)C(=O)O)cc1. The van der Waals surface area contributed by atoms with Crippen molar-refractivity contribution in [2.24, 2.45) is 0 Å². The molecule has 0 aliphatic carbocycles. The molecular formula is C23H27N3O5. The second-order valence-electron chi connectivity index (χ2n) is 8.31. The molecule has 0 fully saturated rings. The lowest BCUT2D eigenvalue weighted by Crippen LogP contribution is -2.44. The molecule has 1 unspecified atom stereocenters. The summed E-state index contributed by atoms with van der Waals surface area (Å²) < 4.78 is 12.3. The van der Waals surface area contributed by atoms with Crippen LogP contribution >= 0.6 is 0 Å². The number of rotatable bonds is 6. The minimum absolute atomic E-state index is 0.0283. The van der Waals surface area contributed by atoms with E-state index in [1.807, 2.05) is 53.9 Å². The number of hydrogen-bond donors (Lipinski definition) is 2. The number of nitrogens with zero attached hydrogens (tertiary/aromatic N) is 2. The first-order valence-corrected chi connectivity index (χ1v) is 9.91. The highest BCUT2D eigenvalue weighted by molar-refractivity contribution is 5.81. The van der Waals surface area contributed by atoms with Crippen LogP contribution in [0.25, 0.3) is 16.9 Å². The Morgan fingerprint density at radius 2 is 1.84 bits per heavy atom. The van der Waals surface area contributed by atoms with E-state index in [2.05, 4.69) is 5.32 Å². The Hall–Kier alpha value is -3.55. The molecule has 2 N–H and O–H groups in total. The van der Waals surface area contributed by atoms with E-state index in [9.17, 15) is 14.7 Å². The van der Waals surface area contributed by atoms with E-state index in [1.54, 1.807) is 27.9 Å². The Morgan fingerprint density at radius 3 is 2.42 bits per heavy atom. The second-order valence-corrected chi connectivity index (χ2v) is 8.31. The van der Waals surface area contributed by atoms with E-state index in [0.717, 1.165) is 11.1 Å². The van der Waals surface area contributed by atoms with Gasteiger partial charge in [-0.1, -0.05) is 6.07 Å². The number of carbonyl (C=O) groups excluding carboxylic acids is 1. The Bertz CT molecular complexity index is 1100. The molecule has 1 aromatic carbocycles. The number of hydrogen-bond acceptors (Lipinski definition) is 5.